The number of imidazole rings is 1. The van der Waals surface area contributed by atoms with Crippen molar-refractivity contribution in [1.29, 1.82) is 0 Å². The summed E-state index contributed by atoms with van der Waals surface area (Å²) < 4.78 is 40.0. The van der Waals surface area contributed by atoms with Gasteiger partial charge in [0.15, 0.2) is 5.96 Å². The molecule has 0 aliphatic rings. The fourth-order valence-electron chi connectivity index (χ4n) is 2.81. The number of hydrogen-bond donors (Lipinski definition) is 2. The van der Waals surface area contributed by atoms with Gasteiger partial charge in [-0.1, -0.05) is 42.5 Å². The van der Waals surface area contributed by atoms with Gasteiger partial charge >= 0.3 is 6.18 Å². The van der Waals surface area contributed by atoms with E-state index in [0.29, 0.717) is 19.0 Å². The van der Waals surface area contributed by atoms with Crippen molar-refractivity contribution in [2.45, 2.75) is 25.8 Å². The molecule has 152 valence electrons. The Kier molecular flexibility index (Phi) is 6.54. The number of aromatic nitrogens is 2. The molecule has 2 N–H and O–H groups in total. The number of hydrogen-bond acceptors (Lipinski definition) is 2. The molecular formula is C21H22F3N5. The number of guanidine groups is 1. The Morgan fingerprint density at radius 2 is 1.66 bits per heavy atom. The van der Waals surface area contributed by atoms with E-state index in [2.05, 4.69) is 32.7 Å². The third kappa shape index (κ3) is 5.84. The molecule has 3 rings (SSSR count). The number of nitrogens with zero attached hydrogens (tertiary/aromatic N) is 3. The normalized spacial score (nSPS) is 12.1. The largest absolute Gasteiger partial charge is 0.416 e. The zero-order valence-electron chi connectivity index (χ0n) is 15.9. The summed E-state index contributed by atoms with van der Waals surface area (Å²) in [6.45, 7) is 1.54. The molecule has 0 spiro atoms. The summed E-state index contributed by atoms with van der Waals surface area (Å²) in [6.07, 6.45) is -0.661. The van der Waals surface area contributed by atoms with Crippen molar-refractivity contribution in [3.05, 3.63) is 89.5 Å². The first-order valence-electron chi connectivity index (χ1n) is 9.10. The summed E-state index contributed by atoms with van der Waals surface area (Å²) in [5.74, 6) is 1.39. The van der Waals surface area contributed by atoms with Gasteiger partial charge in [0.1, 0.15) is 5.82 Å². The number of alkyl halides is 3. The van der Waals surface area contributed by atoms with E-state index in [1.807, 2.05) is 29.0 Å². The lowest BCUT2D eigenvalue weighted by molar-refractivity contribution is -0.137. The molecule has 0 saturated carbocycles. The van der Waals surface area contributed by atoms with E-state index < -0.39 is 11.7 Å². The first-order valence-corrected chi connectivity index (χ1v) is 9.10. The summed E-state index contributed by atoms with van der Waals surface area (Å²) >= 11 is 0. The van der Waals surface area contributed by atoms with Crippen LogP contribution in [0.4, 0.5) is 13.2 Å². The summed E-state index contributed by atoms with van der Waals surface area (Å²) in [7, 11) is 1.64. The Balaban J connectivity index is 1.53. The predicted molar refractivity (Wildman–Crippen MR) is 106 cm³/mol. The van der Waals surface area contributed by atoms with Gasteiger partial charge < -0.3 is 15.2 Å². The van der Waals surface area contributed by atoms with Crippen LogP contribution in [-0.2, 0) is 25.8 Å². The maximum absolute atomic E-state index is 12.6. The second-order valence-electron chi connectivity index (χ2n) is 6.43. The van der Waals surface area contributed by atoms with Gasteiger partial charge in [-0.3, -0.25) is 4.99 Å². The zero-order valence-corrected chi connectivity index (χ0v) is 15.9. The highest BCUT2D eigenvalue weighted by Crippen LogP contribution is 2.29. The SMILES string of the molecule is CN=C(NCc1ccc(C(F)(F)F)cc1)NCc1nccn1Cc1ccccc1. The van der Waals surface area contributed by atoms with Gasteiger partial charge in [-0.25, -0.2) is 4.98 Å². The molecule has 3 aromatic rings. The van der Waals surface area contributed by atoms with E-state index in [1.165, 1.54) is 17.7 Å². The maximum Gasteiger partial charge on any atom is 0.416 e. The van der Waals surface area contributed by atoms with Crippen LogP contribution in [0.1, 0.15) is 22.5 Å². The standard InChI is InChI=1S/C21H22F3N5/c1-25-20(27-13-16-7-9-18(10-8-16)21(22,23)24)28-14-19-26-11-12-29(19)15-17-5-3-2-4-6-17/h2-12H,13-15H2,1H3,(H2,25,27,28). The molecule has 29 heavy (non-hydrogen) atoms. The minimum absolute atomic E-state index is 0.357. The molecule has 0 saturated heterocycles. The van der Waals surface area contributed by atoms with E-state index in [0.717, 1.165) is 30.1 Å². The van der Waals surface area contributed by atoms with Crippen molar-refractivity contribution in [2.75, 3.05) is 7.05 Å². The molecule has 8 heteroatoms. The van der Waals surface area contributed by atoms with Crippen LogP contribution in [0.3, 0.4) is 0 Å². The molecule has 0 amide bonds. The Labute approximate surface area is 167 Å². The van der Waals surface area contributed by atoms with Gasteiger partial charge in [0.25, 0.3) is 0 Å². The van der Waals surface area contributed by atoms with E-state index >= 15 is 0 Å². The number of benzene rings is 2. The molecule has 0 atom stereocenters. The van der Waals surface area contributed by atoms with Gasteiger partial charge in [0, 0.05) is 32.5 Å². The molecule has 1 aromatic heterocycles. The molecule has 0 fully saturated rings. The van der Waals surface area contributed by atoms with Gasteiger partial charge in [-0.15, -0.1) is 0 Å². The lowest BCUT2D eigenvalue weighted by Gasteiger charge is -2.13. The smallest absolute Gasteiger partial charge is 0.352 e. The van der Waals surface area contributed by atoms with Gasteiger partial charge in [-0.05, 0) is 23.3 Å². The fourth-order valence-corrected chi connectivity index (χ4v) is 2.81. The average Bonchev–Trinajstić information content (AvgIpc) is 3.15. The third-order valence-corrected chi connectivity index (χ3v) is 4.38. The van der Waals surface area contributed by atoms with E-state index in [9.17, 15) is 13.2 Å². The van der Waals surface area contributed by atoms with Gasteiger partial charge in [-0.2, -0.15) is 13.2 Å². The van der Waals surface area contributed by atoms with Crippen LogP contribution in [0.25, 0.3) is 0 Å². The van der Waals surface area contributed by atoms with Crippen molar-refractivity contribution in [1.82, 2.24) is 20.2 Å². The molecule has 0 radical (unpaired) electrons. The first-order chi connectivity index (χ1) is 14.0. The molecule has 0 aliphatic heterocycles. The maximum atomic E-state index is 12.6. The van der Waals surface area contributed by atoms with Crippen molar-refractivity contribution in [2.24, 2.45) is 4.99 Å². The van der Waals surface area contributed by atoms with Crippen LogP contribution in [0.15, 0.2) is 72.0 Å². The lowest BCUT2D eigenvalue weighted by atomic mass is 10.1. The quantitative estimate of drug-likeness (QED) is 0.488. The summed E-state index contributed by atoms with van der Waals surface area (Å²) in [5, 5.41) is 6.28. The fraction of sp³-hybridized carbons (Fsp3) is 0.238. The number of rotatable bonds is 6. The second kappa shape index (κ2) is 9.27. The molecule has 2 aromatic carbocycles. The Hall–Kier alpha value is -3.29. The van der Waals surface area contributed by atoms with Crippen molar-refractivity contribution in [3.8, 4) is 0 Å². The minimum Gasteiger partial charge on any atom is -0.352 e. The molecular weight excluding hydrogens is 379 g/mol. The Morgan fingerprint density at radius 1 is 0.966 bits per heavy atom. The van der Waals surface area contributed by atoms with Crippen LogP contribution in [0.5, 0.6) is 0 Å². The van der Waals surface area contributed by atoms with Crippen molar-refractivity contribution >= 4 is 5.96 Å². The molecule has 0 aliphatic carbocycles. The van der Waals surface area contributed by atoms with Crippen molar-refractivity contribution in [3.63, 3.8) is 0 Å². The highest BCUT2D eigenvalue weighted by atomic mass is 19.4. The molecule has 5 nitrogen and oxygen atoms in total. The lowest BCUT2D eigenvalue weighted by Crippen LogP contribution is -2.37. The molecule has 1 heterocycles. The van der Waals surface area contributed by atoms with E-state index in [-0.39, 0.29) is 0 Å². The average molecular weight is 401 g/mol. The number of halogens is 3. The first kappa shape index (κ1) is 20.4. The molecule has 0 bridgehead atoms. The van der Waals surface area contributed by atoms with Crippen molar-refractivity contribution < 1.29 is 13.2 Å². The van der Waals surface area contributed by atoms with Crippen LogP contribution < -0.4 is 10.6 Å². The predicted octanol–water partition coefficient (Wildman–Crippen LogP) is 3.82. The second-order valence-corrected chi connectivity index (χ2v) is 6.43. The van der Waals surface area contributed by atoms with Crippen LogP contribution in [-0.4, -0.2) is 22.6 Å². The highest BCUT2D eigenvalue weighted by Gasteiger charge is 2.29. The summed E-state index contributed by atoms with van der Waals surface area (Å²) in [6, 6.07) is 15.1. The molecule has 0 unspecified atom stereocenters. The topological polar surface area (TPSA) is 54.2 Å². The monoisotopic (exact) mass is 401 g/mol. The van der Waals surface area contributed by atoms with Crippen LogP contribution in [0.2, 0.25) is 0 Å². The van der Waals surface area contributed by atoms with Crippen LogP contribution >= 0.6 is 0 Å². The summed E-state index contributed by atoms with van der Waals surface area (Å²) in [5.41, 5.74) is 1.25. The Bertz CT molecular complexity index is 931. The third-order valence-electron chi connectivity index (χ3n) is 4.38. The van der Waals surface area contributed by atoms with Gasteiger partial charge in [0.2, 0.25) is 0 Å². The highest BCUT2D eigenvalue weighted by molar-refractivity contribution is 5.79. The van der Waals surface area contributed by atoms with Gasteiger partial charge in [0.05, 0.1) is 12.1 Å². The zero-order chi connectivity index (χ0) is 20.7. The van der Waals surface area contributed by atoms with E-state index in [1.54, 1.807) is 13.2 Å². The summed E-state index contributed by atoms with van der Waals surface area (Å²) in [4.78, 5) is 8.53. The van der Waals surface area contributed by atoms with Crippen LogP contribution in [0, 0.1) is 0 Å². The number of nitrogens with one attached hydrogen (secondary N) is 2. The van der Waals surface area contributed by atoms with E-state index in [4.69, 9.17) is 0 Å². The Morgan fingerprint density at radius 3 is 2.31 bits per heavy atom. The number of aliphatic imine (C=N–C) groups is 1. The minimum atomic E-state index is -4.33.